The Morgan fingerprint density at radius 2 is 2.10 bits per heavy atom. The van der Waals surface area contributed by atoms with E-state index >= 15 is 0 Å². The van der Waals surface area contributed by atoms with Crippen molar-refractivity contribution in [1.82, 2.24) is 5.32 Å². The Morgan fingerprint density at radius 1 is 1.33 bits per heavy atom. The molecule has 0 aliphatic heterocycles. The molecule has 2 atom stereocenters. The van der Waals surface area contributed by atoms with Crippen molar-refractivity contribution in [3.63, 3.8) is 0 Å². The third-order valence-corrected chi connectivity index (χ3v) is 4.31. The molecule has 2 N–H and O–H groups in total. The molecule has 1 amide bonds. The number of aryl methyl sites for hydroxylation is 1. The molecule has 2 unspecified atom stereocenters. The molecule has 1 aromatic carbocycles. The van der Waals surface area contributed by atoms with Gasteiger partial charge < -0.3 is 10.4 Å². The van der Waals surface area contributed by atoms with Crippen LogP contribution in [0.25, 0.3) is 6.08 Å². The Kier molecular flexibility index (Phi) is 6.00. The van der Waals surface area contributed by atoms with Gasteiger partial charge in [0, 0.05) is 19.2 Å². The first-order valence-corrected chi connectivity index (χ1v) is 7.82. The molecule has 1 aliphatic carbocycles. The Labute approximate surface area is 127 Å². The fraction of sp³-hybridized carbons (Fsp3) is 0.500. The van der Waals surface area contributed by atoms with Crippen LogP contribution in [-0.2, 0) is 4.79 Å². The minimum atomic E-state index is -0.0567. The van der Waals surface area contributed by atoms with E-state index in [1.807, 2.05) is 37.3 Å². The third kappa shape index (κ3) is 5.01. The molecular weight excluding hydrogens is 262 g/mol. The summed E-state index contributed by atoms with van der Waals surface area (Å²) in [5.41, 5.74) is 2.22. The lowest BCUT2D eigenvalue weighted by molar-refractivity contribution is -0.116. The van der Waals surface area contributed by atoms with Gasteiger partial charge in [-0.25, -0.2) is 0 Å². The zero-order valence-electron chi connectivity index (χ0n) is 12.7. The molecule has 0 saturated heterocycles. The third-order valence-electron chi connectivity index (χ3n) is 4.31. The molecule has 1 aromatic rings. The monoisotopic (exact) mass is 287 g/mol. The number of hydrogen-bond acceptors (Lipinski definition) is 2. The molecule has 0 aromatic heterocycles. The van der Waals surface area contributed by atoms with Crippen LogP contribution >= 0.6 is 0 Å². The summed E-state index contributed by atoms with van der Waals surface area (Å²) in [6.45, 7) is 2.94. The number of rotatable bonds is 5. The van der Waals surface area contributed by atoms with Crippen LogP contribution in [0.2, 0.25) is 0 Å². The van der Waals surface area contributed by atoms with Crippen LogP contribution in [0.15, 0.2) is 30.3 Å². The molecule has 0 heterocycles. The van der Waals surface area contributed by atoms with Crippen LogP contribution in [0.1, 0.15) is 36.8 Å². The molecule has 3 nitrogen and oxygen atoms in total. The summed E-state index contributed by atoms with van der Waals surface area (Å²) in [6.07, 6.45) is 8.01. The summed E-state index contributed by atoms with van der Waals surface area (Å²) < 4.78 is 0. The number of benzene rings is 1. The summed E-state index contributed by atoms with van der Waals surface area (Å²) in [7, 11) is 0. The van der Waals surface area contributed by atoms with Crippen LogP contribution in [0.4, 0.5) is 0 Å². The van der Waals surface area contributed by atoms with Crippen molar-refractivity contribution in [2.24, 2.45) is 11.8 Å². The van der Waals surface area contributed by atoms with Gasteiger partial charge in [0.05, 0.1) is 0 Å². The zero-order valence-corrected chi connectivity index (χ0v) is 12.7. The molecule has 1 saturated carbocycles. The van der Waals surface area contributed by atoms with Gasteiger partial charge in [-0.1, -0.05) is 42.7 Å². The minimum absolute atomic E-state index is 0.0567. The first-order valence-electron chi connectivity index (χ1n) is 7.82. The lowest BCUT2D eigenvalue weighted by Crippen LogP contribution is -2.34. The molecule has 1 fully saturated rings. The van der Waals surface area contributed by atoms with E-state index in [4.69, 9.17) is 0 Å². The smallest absolute Gasteiger partial charge is 0.244 e. The molecule has 114 valence electrons. The summed E-state index contributed by atoms with van der Waals surface area (Å²) in [5, 5.41) is 12.3. The number of carbonyl (C=O) groups is 1. The largest absolute Gasteiger partial charge is 0.396 e. The van der Waals surface area contributed by atoms with Crippen molar-refractivity contribution in [3.8, 4) is 0 Å². The summed E-state index contributed by atoms with van der Waals surface area (Å²) in [5.74, 6) is 0.707. The molecule has 0 bridgehead atoms. The Bertz CT molecular complexity index is 496. The maximum atomic E-state index is 11.9. The lowest BCUT2D eigenvalue weighted by Gasteiger charge is -2.30. The van der Waals surface area contributed by atoms with E-state index in [-0.39, 0.29) is 12.5 Å². The highest BCUT2D eigenvalue weighted by Crippen LogP contribution is 2.28. The number of aliphatic hydroxyl groups is 1. The maximum absolute atomic E-state index is 11.9. The Morgan fingerprint density at radius 3 is 2.81 bits per heavy atom. The van der Waals surface area contributed by atoms with Gasteiger partial charge in [-0.3, -0.25) is 4.79 Å². The van der Waals surface area contributed by atoms with E-state index in [9.17, 15) is 9.90 Å². The van der Waals surface area contributed by atoms with Crippen molar-refractivity contribution in [3.05, 3.63) is 41.5 Å². The normalized spacial score (nSPS) is 22.4. The van der Waals surface area contributed by atoms with Crippen LogP contribution in [0, 0.1) is 18.8 Å². The second-order valence-corrected chi connectivity index (χ2v) is 5.98. The van der Waals surface area contributed by atoms with Gasteiger partial charge in [0.2, 0.25) is 5.91 Å². The van der Waals surface area contributed by atoms with E-state index in [1.54, 1.807) is 6.08 Å². The Hall–Kier alpha value is -1.61. The highest BCUT2D eigenvalue weighted by Gasteiger charge is 2.24. The highest BCUT2D eigenvalue weighted by atomic mass is 16.3. The number of nitrogens with one attached hydrogen (secondary N) is 1. The van der Waals surface area contributed by atoms with Gasteiger partial charge in [-0.15, -0.1) is 0 Å². The minimum Gasteiger partial charge on any atom is -0.396 e. The first kappa shape index (κ1) is 15.8. The van der Waals surface area contributed by atoms with E-state index in [0.29, 0.717) is 18.4 Å². The van der Waals surface area contributed by atoms with Gasteiger partial charge in [0.25, 0.3) is 0 Å². The van der Waals surface area contributed by atoms with Crippen molar-refractivity contribution in [1.29, 1.82) is 0 Å². The summed E-state index contributed by atoms with van der Waals surface area (Å²) in [4.78, 5) is 11.9. The van der Waals surface area contributed by atoms with E-state index in [2.05, 4.69) is 5.32 Å². The second kappa shape index (κ2) is 7.99. The summed E-state index contributed by atoms with van der Waals surface area (Å²) >= 11 is 0. The van der Waals surface area contributed by atoms with Crippen molar-refractivity contribution in [2.75, 3.05) is 13.2 Å². The molecule has 3 heteroatoms. The number of hydrogen-bond donors (Lipinski definition) is 2. The quantitative estimate of drug-likeness (QED) is 0.818. The zero-order chi connectivity index (χ0) is 15.1. The van der Waals surface area contributed by atoms with Crippen molar-refractivity contribution >= 4 is 12.0 Å². The predicted octanol–water partition coefficient (Wildman–Crippen LogP) is 2.92. The van der Waals surface area contributed by atoms with Crippen LogP contribution in [0.5, 0.6) is 0 Å². The molecular formula is C18H25NO2. The predicted molar refractivity (Wildman–Crippen MR) is 85.8 cm³/mol. The van der Waals surface area contributed by atoms with E-state index in [0.717, 1.165) is 18.4 Å². The van der Waals surface area contributed by atoms with E-state index in [1.165, 1.54) is 18.4 Å². The van der Waals surface area contributed by atoms with Gasteiger partial charge in [0.1, 0.15) is 0 Å². The Balaban J connectivity index is 1.81. The SMILES string of the molecule is Cc1cccc(C=CC(=O)NCC2CCCCC2CO)c1. The molecule has 21 heavy (non-hydrogen) atoms. The van der Waals surface area contributed by atoms with Gasteiger partial charge in [0.15, 0.2) is 0 Å². The molecule has 0 spiro atoms. The van der Waals surface area contributed by atoms with Gasteiger partial charge >= 0.3 is 0 Å². The van der Waals surface area contributed by atoms with Crippen LogP contribution in [-0.4, -0.2) is 24.2 Å². The standard InChI is InChI=1S/C18H25NO2/c1-14-5-4-6-15(11-14)9-10-18(21)19-12-16-7-2-3-8-17(16)13-20/h4-6,9-11,16-17,20H,2-3,7-8,12-13H2,1H3,(H,19,21). The van der Waals surface area contributed by atoms with Crippen LogP contribution < -0.4 is 5.32 Å². The van der Waals surface area contributed by atoms with Crippen molar-refractivity contribution < 1.29 is 9.90 Å². The van der Waals surface area contributed by atoms with E-state index < -0.39 is 0 Å². The highest BCUT2D eigenvalue weighted by molar-refractivity contribution is 5.91. The van der Waals surface area contributed by atoms with Crippen molar-refractivity contribution in [2.45, 2.75) is 32.6 Å². The number of aliphatic hydroxyl groups excluding tert-OH is 1. The number of carbonyl (C=O) groups excluding carboxylic acids is 1. The van der Waals surface area contributed by atoms with Gasteiger partial charge in [-0.2, -0.15) is 0 Å². The van der Waals surface area contributed by atoms with Gasteiger partial charge in [-0.05, 0) is 43.2 Å². The fourth-order valence-corrected chi connectivity index (χ4v) is 3.03. The molecule has 1 aliphatic rings. The number of amides is 1. The molecule has 2 rings (SSSR count). The maximum Gasteiger partial charge on any atom is 0.244 e. The average Bonchev–Trinajstić information content (AvgIpc) is 2.51. The molecule has 0 radical (unpaired) electrons. The summed E-state index contributed by atoms with van der Waals surface area (Å²) in [6, 6.07) is 8.06. The first-order chi connectivity index (χ1) is 10.2. The lowest BCUT2D eigenvalue weighted by atomic mass is 9.79. The average molecular weight is 287 g/mol. The second-order valence-electron chi connectivity index (χ2n) is 5.98. The van der Waals surface area contributed by atoms with Crippen LogP contribution in [0.3, 0.4) is 0 Å². The topological polar surface area (TPSA) is 49.3 Å². The fourth-order valence-electron chi connectivity index (χ4n) is 3.03.